The van der Waals surface area contributed by atoms with Gasteiger partial charge in [0.15, 0.2) is 5.58 Å². The van der Waals surface area contributed by atoms with Crippen molar-refractivity contribution < 1.29 is 14.1 Å². The van der Waals surface area contributed by atoms with Gasteiger partial charge in [0.05, 0.1) is 22.2 Å². The van der Waals surface area contributed by atoms with Crippen molar-refractivity contribution in [2.45, 2.75) is 26.2 Å². The predicted octanol–water partition coefficient (Wildman–Crippen LogP) is 4.53. The number of unbranched alkanes of at least 4 members (excludes halogenated alkanes) is 1. The van der Waals surface area contributed by atoms with Crippen LogP contribution in [0.5, 0.6) is 0 Å². The second kappa shape index (κ2) is 7.12. The Labute approximate surface area is 143 Å². The number of non-ortho nitro benzene ring substituents is 1. The molecule has 0 atom stereocenters. The molecule has 0 spiro atoms. The minimum Gasteiger partial charge on any atom is -0.436 e. The molecular weight excluding hydrogens is 322 g/mol. The SMILES string of the molecule is CCCCC(=O)Nc1ccccc1-c1nc2ccc([N+](=O)[O-])cc2o1. The average Bonchev–Trinajstić information content (AvgIpc) is 3.03. The summed E-state index contributed by atoms with van der Waals surface area (Å²) in [4.78, 5) is 26.8. The number of nitro benzene ring substituents is 1. The number of oxazole rings is 1. The Morgan fingerprint density at radius 3 is 2.84 bits per heavy atom. The first-order chi connectivity index (χ1) is 12.1. The van der Waals surface area contributed by atoms with E-state index < -0.39 is 4.92 Å². The highest BCUT2D eigenvalue weighted by molar-refractivity contribution is 5.95. The van der Waals surface area contributed by atoms with Crippen LogP contribution in [-0.2, 0) is 4.79 Å². The molecule has 3 rings (SSSR count). The highest BCUT2D eigenvalue weighted by atomic mass is 16.6. The maximum Gasteiger partial charge on any atom is 0.273 e. The molecular formula is C18H17N3O4. The fourth-order valence-electron chi connectivity index (χ4n) is 2.47. The van der Waals surface area contributed by atoms with Gasteiger partial charge in [-0.05, 0) is 24.6 Å². The molecule has 1 aromatic heterocycles. The van der Waals surface area contributed by atoms with Crippen LogP contribution in [0.1, 0.15) is 26.2 Å². The Balaban J connectivity index is 1.95. The quantitative estimate of drug-likeness (QED) is 0.525. The van der Waals surface area contributed by atoms with Gasteiger partial charge in [-0.1, -0.05) is 25.5 Å². The van der Waals surface area contributed by atoms with Crippen molar-refractivity contribution in [1.82, 2.24) is 4.98 Å². The lowest BCUT2D eigenvalue weighted by Crippen LogP contribution is -2.11. The lowest BCUT2D eigenvalue weighted by Gasteiger charge is -2.08. The number of fused-ring (bicyclic) bond motifs is 1. The Hall–Kier alpha value is -3.22. The van der Waals surface area contributed by atoms with E-state index in [0.29, 0.717) is 34.7 Å². The fraction of sp³-hybridized carbons (Fsp3) is 0.222. The van der Waals surface area contributed by atoms with E-state index >= 15 is 0 Å². The summed E-state index contributed by atoms with van der Waals surface area (Å²) >= 11 is 0. The first kappa shape index (κ1) is 16.6. The van der Waals surface area contributed by atoms with Gasteiger partial charge in [0.1, 0.15) is 5.52 Å². The number of nitro groups is 1. The van der Waals surface area contributed by atoms with Gasteiger partial charge < -0.3 is 9.73 Å². The zero-order valence-corrected chi connectivity index (χ0v) is 13.7. The Morgan fingerprint density at radius 2 is 2.08 bits per heavy atom. The van der Waals surface area contributed by atoms with E-state index in [9.17, 15) is 14.9 Å². The van der Waals surface area contributed by atoms with Crippen LogP contribution in [0.2, 0.25) is 0 Å². The summed E-state index contributed by atoms with van der Waals surface area (Å²) in [5.74, 6) is 0.239. The maximum atomic E-state index is 12.0. The summed E-state index contributed by atoms with van der Waals surface area (Å²) in [7, 11) is 0. The van der Waals surface area contributed by atoms with Crippen LogP contribution in [0.4, 0.5) is 11.4 Å². The van der Waals surface area contributed by atoms with E-state index in [1.54, 1.807) is 18.2 Å². The highest BCUT2D eigenvalue weighted by Crippen LogP contribution is 2.31. The summed E-state index contributed by atoms with van der Waals surface area (Å²) in [6.07, 6.45) is 2.21. The molecule has 1 heterocycles. The molecule has 1 N–H and O–H groups in total. The van der Waals surface area contributed by atoms with E-state index in [-0.39, 0.29) is 11.6 Å². The third-order valence-electron chi connectivity index (χ3n) is 3.77. The molecule has 0 fully saturated rings. The molecule has 1 amide bonds. The molecule has 0 bridgehead atoms. The number of nitrogens with zero attached hydrogens (tertiary/aromatic N) is 2. The monoisotopic (exact) mass is 339 g/mol. The number of hydrogen-bond acceptors (Lipinski definition) is 5. The minimum absolute atomic E-state index is 0.0589. The number of nitrogens with one attached hydrogen (secondary N) is 1. The highest BCUT2D eigenvalue weighted by Gasteiger charge is 2.16. The van der Waals surface area contributed by atoms with Gasteiger partial charge in [-0.25, -0.2) is 4.98 Å². The molecule has 0 radical (unpaired) electrons. The summed E-state index contributed by atoms with van der Waals surface area (Å²) in [6, 6.07) is 11.5. The van der Waals surface area contributed by atoms with E-state index in [0.717, 1.165) is 12.8 Å². The van der Waals surface area contributed by atoms with Gasteiger partial charge in [-0.2, -0.15) is 0 Å². The van der Waals surface area contributed by atoms with Crippen molar-refractivity contribution in [3.63, 3.8) is 0 Å². The molecule has 3 aromatic rings. The predicted molar refractivity (Wildman–Crippen MR) is 94.3 cm³/mol. The zero-order chi connectivity index (χ0) is 17.8. The third-order valence-corrected chi connectivity index (χ3v) is 3.77. The molecule has 0 aliphatic carbocycles. The number of benzene rings is 2. The van der Waals surface area contributed by atoms with Crippen LogP contribution in [0.15, 0.2) is 46.9 Å². The molecule has 25 heavy (non-hydrogen) atoms. The molecule has 0 saturated carbocycles. The Bertz CT molecular complexity index is 933. The number of anilines is 1. The molecule has 128 valence electrons. The van der Waals surface area contributed by atoms with Gasteiger partial charge >= 0.3 is 0 Å². The Kier molecular flexibility index (Phi) is 4.74. The van der Waals surface area contributed by atoms with Gasteiger partial charge in [-0.15, -0.1) is 0 Å². The first-order valence-electron chi connectivity index (χ1n) is 8.02. The smallest absolute Gasteiger partial charge is 0.273 e. The third kappa shape index (κ3) is 3.65. The lowest BCUT2D eigenvalue weighted by atomic mass is 10.1. The maximum absolute atomic E-state index is 12.0. The number of para-hydroxylation sites is 1. The second-order valence-electron chi connectivity index (χ2n) is 5.63. The topological polar surface area (TPSA) is 98.3 Å². The summed E-state index contributed by atoms with van der Waals surface area (Å²) in [6.45, 7) is 2.03. The van der Waals surface area contributed by atoms with Crippen LogP contribution < -0.4 is 5.32 Å². The van der Waals surface area contributed by atoms with Crippen molar-refractivity contribution in [3.05, 3.63) is 52.6 Å². The second-order valence-corrected chi connectivity index (χ2v) is 5.63. The molecule has 2 aromatic carbocycles. The van der Waals surface area contributed by atoms with Gasteiger partial charge in [0, 0.05) is 12.5 Å². The standard InChI is InChI=1S/C18H17N3O4/c1-2-3-8-17(22)19-14-7-5-4-6-13(14)18-20-15-10-9-12(21(23)24)11-16(15)25-18/h4-7,9-11H,2-3,8H2,1H3,(H,19,22). The summed E-state index contributed by atoms with van der Waals surface area (Å²) in [5.41, 5.74) is 2.02. The molecule has 7 heteroatoms. The lowest BCUT2D eigenvalue weighted by molar-refractivity contribution is -0.384. The Morgan fingerprint density at radius 1 is 1.28 bits per heavy atom. The average molecular weight is 339 g/mol. The van der Waals surface area contributed by atoms with Crippen molar-refractivity contribution in [2.24, 2.45) is 0 Å². The van der Waals surface area contributed by atoms with E-state index in [2.05, 4.69) is 10.3 Å². The number of aromatic nitrogens is 1. The van der Waals surface area contributed by atoms with Crippen LogP contribution in [0.25, 0.3) is 22.6 Å². The molecule has 0 unspecified atom stereocenters. The van der Waals surface area contributed by atoms with E-state index in [1.165, 1.54) is 12.1 Å². The van der Waals surface area contributed by atoms with Crippen LogP contribution in [0, 0.1) is 10.1 Å². The minimum atomic E-state index is -0.483. The van der Waals surface area contributed by atoms with E-state index in [1.807, 2.05) is 19.1 Å². The van der Waals surface area contributed by atoms with Crippen LogP contribution in [-0.4, -0.2) is 15.8 Å². The fourth-order valence-corrected chi connectivity index (χ4v) is 2.47. The van der Waals surface area contributed by atoms with Crippen LogP contribution >= 0.6 is 0 Å². The van der Waals surface area contributed by atoms with Crippen LogP contribution in [0.3, 0.4) is 0 Å². The zero-order valence-electron chi connectivity index (χ0n) is 13.7. The summed E-state index contributed by atoms with van der Waals surface area (Å²) in [5, 5.41) is 13.7. The number of amides is 1. The first-order valence-corrected chi connectivity index (χ1v) is 8.02. The number of carbonyl (C=O) groups excluding carboxylic acids is 1. The van der Waals surface area contributed by atoms with Gasteiger partial charge in [0.2, 0.25) is 11.8 Å². The largest absolute Gasteiger partial charge is 0.436 e. The van der Waals surface area contributed by atoms with Crippen molar-refractivity contribution >= 4 is 28.4 Å². The molecule has 7 nitrogen and oxygen atoms in total. The summed E-state index contributed by atoms with van der Waals surface area (Å²) < 4.78 is 5.68. The molecule has 0 aliphatic heterocycles. The van der Waals surface area contributed by atoms with Crippen molar-refractivity contribution in [2.75, 3.05) is 5.32 Å². The van der Waals surface area contributed by atoms with Crippen molar-refractivity contribution in [3.8, 4) is 11.5 Å². The number of rotatable bonds is 6. The van der Waals surface area contributed by atoms with E-state index in [4.69, 9.17) is 4.42 Å². The molecule has 0 saturated heterocycles. The van der Waals surface area contributed by atoms with Gasteiger partial charge in [0.25, 0.3) is 5.69 Å². The normalized spacial score (nSPS) is 10.8. The molecule has 0 aliphatic rings. The number of carbonyl (C=O) groups is 1. The van der Waals surface area contributed by atoms with Gasteiger partial charge in [-0.3, -0.25) is 14.9 Å². The number of hydrogen-bond donors (Lipinski definition) is 1. The van der Waals surface area contributed by atoms with Crippen molar-refractivity contribution in [1.29, 1.82) is 0 Å².